The number of quaternary nitrogens is 1. The zero-order valence-corrected chi connectivity index (χ0v) is 55.9. The lowest BCUT2D eigenvalue weighted by molar-refractivity contribution is -0.870. The van der Waals surface area contributed by atoms with Gasteiger partial charge in [-0.2, -0.15) is 0 Å². The number of esters is 2. The van der Waals surface area contributed by atoms with Crippen molar-refractivity contribution in [3.8, 4) is 0 Å². The highest BCUT2D eigenvalue weighted by Crippen LogP contribution is 2.43. The Morgan fingerprint density at radius 2 is 0.659 bits per heavy atom. The minimum atomic E-state index is -4.39. The van der Waals surface area contributed by atoms with E-state index >= 15 is 0 Å². The molecule has 0 aliphatic carbocycles. The lowest BCUT2D eigenvalue weighted by Gasteiger charge is -2.24. The molecule has 0 spiro atoms. The van der Waals surface area contributed by atoms with Crippen molar-refractivity contribution in [3.05, 3.63) is 48.6 Å². The van der Waals surface area contributed by atoms with Gasteiger partial charge >= 0.3 is 19.8 Å². The van der Waals surface area contributed by atoms with Crippen molar-refractivity contribution in [1.29, 1.82) is 0 Å². The second-order valence-corrected chi connectivity index (χ2v) is 26.7. The predicted molar refractivity (Wildman–Crippen MR) is 353 cm³/mol. The van der Waals surface area contributed by atoms with Crippen LogP contribution >= 0.6 is 7.82 Å². The van der Waals surface area contributed by atoms with Gasteiger partial charge in [0.05, 0.1) is 27.7 Å². The van der Waals surface area contributed by atoms with Crippen LogP contribution in [0.2, 0.25) is 0 Å². The number of hydrogen-bond acceptors (Lipinski definition) is 7. The Hall–Kier alpha value is -2.03. The van der Waals surface area contributed by atoms with Gasteiger partial charge in [-0.05, 0) is 77.0 Å². The number of hydrogen-bond donors (Lipinski definition) is 1. The van der Waals surface area contributed by atoms with Crippen LogP contribution < -0.4 is 0 Å². The first-order chi connectivity index (χ1) is 40.0. The van der Waals surface area contributed by atoms with Gasteiger partial charge in [-0.15, -0.1) is 0 Å². The van der Waals surface area contributed by atoms with Crippen LogP contribution in [-0.2, 0) is 32.7 Å². The normalized spacial score (nSPS) is 13.4. The van der Waals surface area contributed by atoms with Gasteiger partial charge in [-0.1, -0.05) is 306 Å². The molecule has 82 heavy (non-hydrogen) atoms. The summed E-state index contributed by atoms with van der Waals surface area (Å²) >= 11 is 0. The Bertz CT molecular complexity index is 1520. The SMILES string of the molecule is CCCCCCC/C=C\C/C=C\CCCCCCCCCCCCCCCCCCCCCCCC(=O)OC(COC(=O)CCCCCCCCCCCCCCC/C=C\C/C=C\CCCCCCC)COP(=O)(O)OCC[N+](C)(C)C. The molecule has 0 saturated heterocycles. The summed E-state index contributed by atoms with van der Waals surface area (Å²) in [5.74, 6) is -0.780. The highest BCUT2D eigenvalue weighted by molar-refractivity contribution is 7.47. The van der Waals surface area contributed by atoms with Gasteiger partial charge in [-0.25, -0.2) is 4.57 Å². The quantitative estimate of drug-likeness (QED) is 0.0211. The van der Waals surface area contributed by atoms with Crippen LogP contribution in [0.25, 0.3) is 0 Å². The second kappa shape index (κ2) is 63.5. The molecule has 0 rings (SSSR count). The van der Waals surface area contributed by atoms with E-state index in [2.05, 4.69) is 62.5 Å². The molecule has 9 nitrogen and oxygen atoms in total. The predicted octanol–water partition coefficient (Wildman–Crippen LogP) is 22.8. The van der Waals surface area contributed by atoms with E-state index in [4.69, 9.17) is 18.5 Å². The summed E-state index contributed by atoms with van der Waals surface area (Å²) in [7, 11) is 1.49. The monoisotopic (exact) mass is 1180 g/mol. The molecule has 0 radical (unpaired) electrons. The summed E-state index contributed by atoms with van der Waals surface area (Å²) in [6, 6.07) is 0. The number of carbonyl (C=O) groups excluding carboxylic acids is 2. The Balaban J connectivity index is 3.99. The smallest absolute Gasteiger partial charge is 0.462 e. The number of rotatable bonds is 66. The average Bonchev–Trinajstić information content (AvgIpc) is 3.46. The topological polar surface area (TPSA) is 108 Å². The molecule has 0 aliphatic rings. The van der Waals surface area contributed by atoms with Gasteiger partial charge in [0.1, 0.15) is 19.8 Å². The molecule has 0 bridgehead atoms. The van der Waals surface area contributed by atoms with Crippen LogP contribution in [0.4, 0.5) is 0 Å². The van der Waals surface area contributed by atoms with E-state index in [9.17, 15) is 19.0 Å². The van der Waals surface area contributed by atoms with Crippen LogP contribution in [0.3, 0.4) is 0 Å². The van der Waals surface area contributed by atoms with Crippen molar-refractivity contribution in [3.63, 3.8) is 0 Å². The Morgan fingerprint density at radius 3 is 0.963 bits per heavy atom. The molecule has 0 aromatic heterocycles. The van der Waals surface area contributed by atoms with Crippen molar-refractivity contribution in [2.24, 2.45) is 0 Å². The molecule has 0 aromatic carbocycles. The number of allylic oxidation sites excluding steroid dienone is 8. The molecule has 0 fully saturated rings. The maximum Gasteiger partial charge on any atom is 0.472 e. The largest absolute Gasteiger partial charge is 0.472 e. The van der Waals surface area contributed by atoms with Gasteiger partial charge in [0.25, 0.3) is 0 Å². The summed E-state index contributed by atoms with van der Waals surface area (Å²) in [6.45, 7) is 4.47. The van der Waals surface area contributed by atoms with Gasteiger partial charge in [0, 0.05) is 12.8 Å². The maximum absolute atomic E-state index is 12.9. The molecule has 0 saturated carbocycles. The first kappa shape index (κ1) is 80.0. The minimum absolute atomic E-state index is 0.0332. The number of phosphoric ester groups is 1. The second-order valence-electron chi connectivity index (χ2n) is 25.3. The fraction of sp³-hybridized carbons (Fsp3) is 0.861. The highest BCUT2D eigenvalue weighted by atomic mass is 31.2. The van der Waals surface area contributed by atoms with Crippen molar-refractivity contribution >= 4 is 19.8 Å². The Labute approximate surface area is 509 Å². The average molecular weight is 1180 g/mol. The molecule has 10 heteroatoms. The molecule has 0 aromatic rings. The zero-order chi connectivity index (χ0) is 59.8. The minimum Gasteiger partial charge on any atom is -0.462 e. The van der Waals surface area contributed by atoms with E-state index in [1.165, 1.54) is 270 Å². The van der Waals surface area contributed by atoms with Gasteiger partial charge in [0.15, 0.2) is 6.10 Å². The number of nitrogens with zero attached hydrogens (tertiary/aromatic N) is 1. The highest BCUT2D eigenvalue weighted by Gasteiger charge is 2.27. The maximum atomic E-state index is 12.9. The third-order valence-corrected chi connectivity index (χ3v) is 16.8. The Morgan fingerprint density at radius 1 is 0.378 bits per heavy atom. The summed E-state index contributed by atoms with van der Waals surface area (Å²) in [5.41, 5.74) is 0. The van der Waals surface area contributed by atoms with E-state index in [-0.39, 0.29) is 25.6 Å². The summed E-state index contributed by atoms with van der Waals surface area (Å²) in [6.07, 6.45) is 82.2. The van der Waals surface area contributed by atoms with Gasteiger partial charge in [0.2, 0.25) is 0 Å². The number of ether oxygens (including phenoxy) is 2. The van der Waals surface area contributed by atoms with Gasteiger partial charge in [-0.3, -0.25) is 18.6 Å². The van der Waals surface area contributed by atoms with Gasteiger partial charge < -0.3 is 18.9 Å². The lowest BCUT2D eigenvalue weighted by Crippen LogP contribution is -2.37. The molecular formula is C72H137NO8P+. The molecule has 2 unspecified atom stereocenters. The number of carbonyl (C=O) groups is 2. The summed E-state index contributed by atoms with van der Waals surface area (Å²) in [5, 5.41) is 0. The van der Waals surface area contributed by atoms with Crippen LogP contribution in [-0.4, -0.2) is 74.9 Å². The molecule has 0 heterocycles. The van der Waals surface area contributed by atoms with Crippen LogP contribution in [0.5, 0.6) is 0 Å². The van der Waals surface area contributed by atoms with E-state index in [0.29, 0.717) is 23.9 Å². The lowest BCUT2D eigenvalue weighted by atomic mass is 10.0. The third kappa shape index (κ3) is 67.1. The molecule has 2 atom stereocenters. The molecular weight excluding hydrogens is 1040 g/mol. The number of likely N-dealkylation sites (N-methyl/N-ethyl adjacent to an activating group) is 1. The van der Waals surface area contributed by atoms with Crippen LogP contribution in [0.15, 0.2) is 48.6 Å². The van der Waals surface area contributed by atoms with Crippen molar-refractivity contribution < 1.29 is 42.1 Å². The fourth-order valence-electron chi connectivity index (χ4n) is 10.4. The number of unbranched alkanes of at least 4 members (excludes halogenated alkanes) is 44. The molecule has 0 amide bonds. The standard InChI is InChI=1S/C72H136NO8P/c1-6-8-10-12-14-16-18-20-22-24-26-28-30-32-33-34-35-36-37-38-39-41-43-45-47-49-51-53-55-57-59-61-63-65-72(75)81-70(69-80-82(76,77)79-67-66-73(3,4)5)68-78-71(74)64-62-60-58-56-54-52-50-48-46-44-42-40-31-29-27-25-23-21-19-17-15-13-11-9-7-2/h18-21,24-27,70H,6-17,22-23,28-69H2,1-5H3/p+1/b20-18-,21-19-,26-24-,27-25-. The Kier molecular flexibility index (Phi) is 61.9. The summed E-state index contributed by atoms with van der Waals surface area (Å²) < 4.78 is 34.7. The molecule has 0 aliphatic heterocycles. The van der Waals surface area contributed by atoms with Crippen molar-refractivity contribution in [2.75, 3.05) is 47.5 Å². The molecule has 482 valence electrons. The zero-order valence-electron chi connectivity index (χ0n) is 55.0. The first-order valence-corrected chi connectivity index (χ1v) is 36.9. The van der Waals surface area contributed by atoms with E-state index < -0.39 is 26.5 Å². The first-order valence-electron chi connectivity index (χ1n) is 35.4. The molecule has 1 N–H and O–H groups in total. The third-order valence-electron chi connectivity index (χ3n) is 15.8. The number of phosphoric acid groups is 1. The fourth-order valence-corrected chi connectivity index (χ4v) is 11.1. The summed E-state index contributed by atoms with van der Waals surface area (Å²) in [4.78, 5) is 35.9. The van der Waals surface area contributed by atoms with E-state index in [1.807, 2.05) is 21.1 Å². The van der Waals surface area contributed by atoms with Crippen LogP contribution in [0.1, 0.15) is 348 Å². The van der Waals surface area contributed by atoms with Crippen molar-refractivity contribution in [1.82, 2.24) is 0 Å². The van der Waals surface area contributed by atoms with Crippen molar-refractivity contribution in [2.45, 2.75) is 354 Å². The van der Waals surface area contributed by atoms with E-state index in [1.54, 1.807) is 0 Å². The van der Waals surface area contributed by atoms with Crippen LogP contribution in [0, 0.1) is 0 Å². The van der Waals surface area contributed by atoms with E-state index in [0.717, 1.165) is 44.9 Å².